The molecule has 0 aliphatic heterocycles. The molecule has 1 aromatic carbocycles. The van der Waals surface area contributed by atoms with E-state index in [0.29, 0.717) is 10.7 Å². The molecular weight excluding hydrogens is 278 g/mol. The second-order valence-electron chi connectivity index (χ2n) is 4.23. The maximum absolute atomic E-state index is 13.2. The number of alkyl halides is 1. The molecular formula is C12H13BrClF. The lowest BCUT2D eigenvalue weighted by Crippen LogP contribution is -2.00. The van der Waals surface area contributed by atoms with Crippen LogP contribution >= 0.6 is 27.5 Å². The van der Waals surface area contributed by atoms with Gasteiger partial charge in [0.25, 0.3) is 0 Å². The standard InChI is InChI=1S/C12H13BrClF/c13-10-3-1-8(6-10)5-9-2-4-11(14)12(15)7-9/h2,4,7-8,10H,1,3,5-6H2. The minimum absolute atomic E-state index is 0.212. The predicted molar refractivity (Wildman–Crippen MR) is 65.2 cm³/mol. The maximum atomic E-state index is 13.2. The van der Waals surface area contributed by atoms with Crippen LogP contribution in [0.5, 0.6) is 0 Å². The molecule has 0 radical (unpaired) electrons. The summed E-state index contributed by atoms with van der Waals surface area (Å²) in [6, 6.07) is 5.13. The number of hydrogen-bond acceptors (Lipinski definition) is 0. The van der Waals surface area contributed by atoms with E-state index in [9.17, 15) is 4.39 Å². The van der Waals surface area contributed by atoms with Crippen molar-refractivity contribution in [1.29, 1.82) is 0 Å². The fourth-order valence-electron chi connectivity index (χ4n) is 2.20. The molecule has 82 valence electrons. The Morgan fingerprint density at radius 2 is 2.20 bits per heavy atom. The van der Waals surface area contributed by atoms with Crippen LogP contribution in [0.3, 0.4) is 0 Å². The van der Waals surface area contributed by atoms with Crippen molar-refractivity contribution >= 4 is 27.5 Å². The zero-order valence-electron chi connectivity index (χ0n) is 8.35. The third-order valence-electron chi connectivity index (χ3n) is 2.99. The first kappa shape index (κ1) is 11.4. The lowest BCUT2D eigenvalue weighted by atomic mass is 9.98. The van der Waals surface area contributed by atoms with Crippen molar-refractivity contribution in [2.24, 2.45) is 5.92 Å². The molecule has 0 amide bonds. The second kappa shape index (κ2) is 4.84. The topological polar surface area (TPSA) is 0 Å². The highest BCUT2D eigenvalue weighted by Gasteiger charge is 2.22. The van der Waals surface area contributed by atoms with Crippen molar-refractivity contribution < 1.29 is 4.39 Å². The first-order valence-electron chi connectivity index (χ1n) is 5.23. The summed E-state index contributed by atoms with van der Waals surface area (Å²) in [5, 5.41) is 0.212. The van der Waals surface area contributed by atoms with Gasteiger partial charge in [-0.1, -0.05) is 33.6 Å². The van der Waals surface area contributed by atoms with Crippen LogP contribution in [0.25, 0.3) is 0 Å². The van der Waals surface area contributed by atoms with Crippen LogP contribution in [-0.4, -0.2) is 4.83 Å². The zero-order chi connectivity index (χ0) is 10.8. The van der Waals surface area contributed by atoms with E-state index in [-0.39, 0.29) is 10.8 Å². The van der Waals surface area contributed by atoms with E-state index in [1.165, 1.54) is 19.3 Å². The molecule has 2 atom stereocenters. The Hall–Kier alpha value is -0.0800. The molecule has 1 aliphatic rings. The average Bonchev–Trinajstić information content (AvgIpc) is 2.58. The fourth-order valence-corrected chi connectivity index (χ4v) is 3.11. The molecule has 2 rings (SSSR count). The molecule has 0 N–H and O–H groups in total. The SMILES string of the molecule is Fc1cc(CC2CCC(Br)C2)ccc1Cl. The minimum atomic E-state index is -0.303. The summed E-state index contributed by atoms with van der Waals surface area (Å²) in [6.45, 7) is 0. The molecule has 0 aromatic heterocycles. The average molecular weight is 292 g/mol. The van der Waals surface area contributed by atoms with E-state index in [1.54, 1.807) is 12.1 Å². The smallest absolute Gasteiger partial charge is 0.142 e. The highest BCUT2D eigenvalue weighted by molar-refractivity contribution is 9.09. The van der Waals surface area contributed by atoms with Gasteiger partial charge in [-0.05, 0) is 49.3 Å². The van der Waals surface area contributed by atoms with Gasteiger partial charge in [-0.3, -0.25) is 0 Å². The lowest BCUT2D eigenvalue weighted by Gasteiger charge is -2.09. The molecule has 1 aromatic rings. The van der Waals surface area contributed by atoms with E-state index in [1.807, 2.05) is 6.07 Å². The van der Waals surface area contributed by atoms with Crippen LogP contribution in [0.2, 0.25) is 5.02 Å². The van der Waals surface area contributed by atoms with Crippen molar-refractivity contribution in [2.75, 3.05) is 0 Å². The molecule has 0 saturated heterocycles. The van der Waals surface area contributed by atoms with Gasteiger partial charge >= 0.3 is 0 Å². The summed E-state index contributed by atoms with van der Waals surface area (Å²) >= 11 is 9.26. The van der Waals surface area contributed by atoms with Gasteiger partial charge in [0, 0.05) is 4.83 Å². The van der Waals surface area contributed by atoms with E-state index < -0.39 is 0 Å². The largest absolute Gasteiger partial charge is 0.205 e. The van der Waals surface area contributed by atoms with Gasteiger partial charge in [0.15, 0.2) is 0 Å². The fraction of sp³-hybridized carbons (Fsp3) is 0.500. The van der Waals surface area contributed by atoms with Crippen molar-refractivity contribution in [3.63, 3.8) is 0 Å². The van der Waals surface area contributed by atoms with E-state index in [0.717, 1.165) is 12.0 Å². The van der Waals surface area contributed by atoms with Crippen LogP contribution in [0, 0.1) is 11.7 Å². The third kappa shape index (κ3) is 2.94. The van der Waals surface area contributed by atoms with Gasteiger partial charge in [0.05, 0.1) is 5.02 Å². The third-order valence-corrected chi connectivity index (χ3v) is 4.12. The minimum Gasteiger partial charge on any atom is -0.205 e. The Kier molecular flexibility index (Phi) is 3.68. The summed E-state index contributed by atoms with van der Waals surface area (Å²) in [5.74, 6) is 0.387. The molecule has 0 heterocycles. The Morgan fingerprint density at radius 1 is 1.40 bits per heavy atom. The van der Waals surface area contributed by atoms with Crippen molar-refractivity contribution in [3.8, 4) is 0 Å². The van der Waals surface area contributed by atoms with Gasteiger partial charge in [0.2, 0.25) is 0 Å². The Bertz CT molecular complexity index is 353. The number of halogens is 3. The van der Waals surface area contributed by atoms with Crippen molar-refractivity contribution in [1.82, 2.24) is 0 Å². The molecule has 1 fully saturated rings. The number of benzene rings is 1. The molecule has 2 unspecified atom stereocenters. The highest BCUT2D eigenvalue weighted by Crippen LogP contribution is 2.33. The monoisotopic (exact) mass is 290 g/mol. The Morgan fingerprint density at radius 3 is 2.80 bits per heavy atom. The lowest BCUT2D eigenvalue weighted by molar-refractivity contribution is 0.544. The Labute approximate surface area is 103 Å². The molecule has 1 saturated carbocycles. The Balaban J connectivity index is 2.02. The summed E-state index contributed by atoms with van der Waals surface area (Å²) < 4.78 is 13.2. The molecule has 0 nitrogen and oxygen atoms in total. The van der Waals surface area contributed by atoms with E-state index in [4.69, 9.17) is 11.6 Å². The van der Waals surface area contributed by atoms with Crippen LogP contribution in [0.15, 0.2) is 18.2 Å². The summed E-state index contributed by atoms with van der Waals surface area (Å²) in [6.07, 6.45) is 4.64. The van der Waals surface area contributed by atoms with E-state index in [2.05, 4.69) is 15.9 Å². The first-order chi connectivity index (χ1) is 7.15. The van der Waals surface area contributed by atoms with Gasteiger partial charge in [-0.25, -0.2) is 4.39 Å². The number of rotatable bonds is 2. The van der Waals surface area contributed by atoms with Crippen LogP contribution in [0.1, 0.15) is 24.8 Å². The second-order valence-corrected chi connectivity index (χ2v) is 5.93. The quantitative estimate of drug-likeness (QED) is 0.699. The predicted octanol–water partition coefficient (Wildman–Crippen LogP) is 4.59. The van der Waals surface area contributed by atoms with E-state index >= 15 is 0 Å². The summed E-state index contributed by atoms with van der Waals surface area (Å²) in [4.78, 5) is 0.652. The molecule has 3 heteroatoms. The molecule has 1 aliphatic carbocycles. The summed E-state index contributed by atoms with van der Waals surface area (Å²) in [5.41, 5.74) is 1.06. The van der Waals surface area contributed by atoms with Gasteiger partial charge in [-0.15, -0.1) is 0 Å². The van der Waals surface area contributed by atoms with Gasteiger partial charge in [0.1, 0.15) is 5.82 Å². The zero-order valence-corrected chi connectivity index (χ0v) is 10.7. The molecule has 0 spiro atoms. The van der Waals surface area contributed by atoms with Crippen molar-refractivity contribution in [2.45, 2.75) is 30.5 Å². The van der Waals surface area contributed by atoms with Gasteiger partial charge in [-0.2, -0.15) is 0 Å². The van der Waals surface area contributed by atoms with Crippen LogP contribution in [-0.2, 0) is 6.42 Å². The first-order valence-corrected chi connectivity index (χ1v) is 6.52. The maximum Gasteiger partial charge on any atom is 0.142 e. The van der Waals surface area contributed by atoms with Gasteiger partial charge < -0.3 is 0 Å². The number of hydrogen-bond donors (Lipinski definition) is 0. The molecule has 15 heavy (non-hydrogen) atoms. The van der Waals surface area contributed by atoms with Crippen molar-refractivity contribution in [3.05, 3.63) is 34.6 Å². The van der Waals surface area contributed by atoms with Crippen LogP contribution in [0.4, 0.5) is 4.39 Å². The summed E-state index contributed by atoms with van der Waals surface area (Å²) in [7, 11) is 0. The van der Waals surface area contributed by atoms with Crippen LogP contribution < -0.4 is 0 Å². The molecule has 0 bridgehead atoms. The normalized spacial score (nSPS) is 25.8. The highest BCUT2D eigenvalue weighted by atomic mass is 79.9.